The molecule has 38 heavy (non-hydrogen) atoms. The van der Waals surface area contributed by atoms with E-state index in [2.05, 4.69) is 0 Å². The lowest BCUT2D eigenvalue weighted by Crippen LogP contribution is -2.39. The molecule has 1 saturated heterocycles. The van der Waals surface area contributed by atoms with Crippen molar-refractivity contribution in [2.75, 3.05) is 13.2 Å². The van der Waals surface area contributed by atoms with Gasteiger partial charge in [0.05, 0.1) is 33.4 Å². The Bertz CT molecular complexity index is 1600. The highest BCUT2D eigenvalue weighted by atomic mass is 32.2. The Morgan fingerprint density at radius 2 is 1.08 bits per heavy atom. The highest BCUT2D eigenvalue weighted by Gasteiger charge is 2.43. The fourth-order valence-electron chi connectivity index (χ4n) is 4.09. The van der Waals surface area contributed by atoms with Crippen molar-refractivity contribution in [2.45, 2.75) is 54.0 Å². The second kappa shape index (κ2) is 10.9. The van der Waals surface area contributed by atoms with Gasteiger partial charge in [-0.2, -0.15) is 21.1 Å². The van der Waals surface area contributed by atoms with Crippen LogP contribution >= 0.6 is 0 Å². The van der Waals surface area contributed by atoms with Crippen LogP contribution < -0.4 is 0 Å². The van der Waals surface area contributed by atoms with E-state index in [9.17, 15) is 25.3 Å². The van der Waals surface area contributed by atoms with E-state index in [1.54, 1.807) is 36.4 Å². The normalized spacial score (nSPS) is 19.0. The number of hydrogen-bond acceptors (Lipinski definition) is 8. The summed E-state index contributed by atoms with van der Waals surface area (Å²) in [4.78, 5) is -0.127. The topological polar surface area (TPSA) is 124 Å². The molecule has 0 spiro atoms. The number of aryl methyl sites for hydroxylation is 3. The van der Waals surface area contributed by atoms with Crippen LogP contribution in [0.5, 0.6) is 0 Å². The van der Waals surface area contributed by atoms with Crippen molar-refractivity contribution in [1.29, 1.82) is 0 Å². The molecule has 0 aromatic heterocycles. The summed E-state index contributed by atoms with van der Waals surface area (Å²) in [5.74, 6) is 0. The van der Waals surface area contributed by atoms with Crippen molar-refractivity contribution in [3.8, 4) is 0 Å². The summed E-state index contributed by atoms with van der Waals surface area (Å²) < 4.78 is 90.1. The Labute approximate surface area is 224 Å². The van der Waals surface area contributed by atoms with E-state index in [4.69, 9.17) is 8.37 Å². The predicted molar refractivity (Wildman–Crippen MR) is 141 cm³/mol. The molecular formula is C26H29NO8S3. The van der Waals surface area contributed by atoms with E-state index < -0.39 is 49.0 Å². The molecule has 0 aliphatic carbocycles. The summed E-state index contributed by atoms with van der Waals surface area (Å²) in [6.07, 6.45) is -1.13. The standard InChI is InChI=1S/C26H29NO8S3/c1-19-4-10-24(11-5-19)36(28,29)27-17-23(35-38(32,33)26-14-8-21(3)9-15-26)16-22(27)18-34-37(30,31)25-12-6-20(2)7-13-25/h4-15,22-23H,16-18H2,1-3H3/t22?,23-/m1/s1. The van der Waals surface area contributed by atoms with Crippen LogP contribution in [0.1, 0.15) is 23.1 Å². The van der Waals surface area contributed by atoms with Crippen molar-refractivity contribution >= 4 is 30.3 Å². The second-order valence-corrected chi connectivity index (χ2v) is 14.4. The van der Waals surface area contributed by atoms with E-state index >= 15 is 0 Å². The third-order valence-electron chi connectivity index (χ3n) is 6.25. The maximum atomic E-state index is 13.5. The molecule has 0 bridgehead atoms. The van der Waals surface area contributed by atoms with Crippen LogP contribution in [0.15, 0.2) is 87.5 Å². The molecule has 9 nitrogen and oxygen atoms in total. The number of benzene rings is 3. The fraction of sp³-hybridized carbons (Fsp3) is 0.308. The van der Waals surface area contributed by atoms with E-state index in [0.717, 1.165) is 21.0 Å². The zero-order valence-electron chi connectivity index (χ0n) is 21.1. The van der Waals surface area contributed by atoms with E-state index in [1.807, 2.05) is 20.8 Å². The fourth-order valence-corrected chi connectivity index (χ4v) is 7.76. The molecule has 204 valence electrons. The average Bonchev–Trinajstić information content (AvgIpc) is 3.26. The lowest BCUT2D eigenvalue weighted by atomic mass is 10.2. The van der Waals surface area contributed by atoms with Crippen LogP contribution in [0.3, 0.4) is 0 Å². The van der Waals surface area contributed by atoms with Crippen LogP contribution in [0.4, 0.5) is 0 Å². The Hall–Kier alpha value is -2.61. The van der Waals surface area contributed by atoms with Crippen molar-refractivity contribution in [2.24, 2.45) is 0 Å². The molecule has 0 N–H and O–H groups in total. The van der Waals surface area contributed by atoms with Gasteiger partial charge in [0, 0.05) is 6.54 Å². The van der Waals surface area contributed by atoms with Gasteiger partial charge in [-0.25, -0.2) is 8.42 Å². The van der Waals surface area contributed by atoms with Crippen LogP contribution in [0.25, 0.3) is 0 Å². The quantitative estimate of drug-likeness (QED) is 0.353. The lowest BCUT2D eigenvalue weighted by Gasteiger charge is -2.23. The van der Waals surface area contributed by atoms with Crippen LogP contribution in [-0.4, -0.2) is 54.9 Å². The Morgan fingerprint density at radius 1 is 0.658 bits per heavy atom. The van der Waals surface area contributed by atoms with Crippen LogP contribution in [0.2, 0.25) is 0 Å². The molecule has 1 fully saturated rings. The summed E-state index contributed by atoms with van der Waals surface area (Å²) in [6, 6.07) is 17.3. The van der Waals surface area contributed by atoms with Gasteiger partial charge >= 0.3 is 0 Å². The average molecular weight is 580 g/mol. The minimum absolute atomic E-state index is 0.00321. The number of nitrogens with zero attached hydrogens (tertiary/aromatic N) is 1. The van der Waals surface area contributed by atoms with E-state index in [1.165, 1.54) is 36.4 Å². The Balaban J connectivity index is 1.60. The smallest absolute Gasteiger partial charge is 0.265 e. The summed E-state index contributed by atoms with van der Waals surface area (Å²) in [6.45, 7) is 4.65. The summed E-state index contributed by atoms with van der Waals surface area (Å²) >= 11 is 0. The zero-order valence-corrected chi connectivity index (χ0v) is 23.6. The molecule has 2 atom stereocenters. The van der Waals surface area contributed by atoms with Gasteiger partial charge in [-0.1, -0.05) is 53.1 Å². The maximum Gasteiger partial charge on any atom is 0.297 e. The third-order valence-corrected chi connectivity index (χ3v) is 10.9. The first-order chi connectivity index (χ1) is 17.8. The van der Waals surface area contributed by atoms with Gasteiger partial charge in [0.2, 0.25) is 10.0 Å². The molecule has 4 rings (SSSR count). The first-order valence-corrected chi connectivity index (χ1v) is 16.1. The third kappa shape index (κ3) is 6.33. The molecular weight excluding hydrogens is 550 g/mol. The molecule has 0 radical (unpaired) electrons. The molecule has 3 aromatic carbocycles. The van der Waals surface area contributed by atoms with Gasteiger partial charge in [0.1, 0.15) is 0 Å². The minimum Gasteiger partial charge on any atom is -0.265 e. The Morgan fingerprint density at radius 3 is 1.55 bits per heavy atom. The van der Waals surface area contributed by atoms with Crippen LogP contribution in [0, 0.1) is 20.8 Å². The summed E-state index contributed by atoms with van der Waals surface area (Å²) in [5.41, 5.74) is 2.59. The number of sulfonamides is 1. The van der Waals surface area contributed by atoms with Gasteiger partial charge < -0.3 is 0 Å². The maximum absolute atomic E-state index is 13.5. The second-order valence-electron chi connectivity index (χ2n) is 9.31. The number of hydrogen-bond donors (Lipinski definition) is 0. The van der Waals surface area contributed by atoms with Gasteiger partial charge in [-0.15, -0.1) is 0 Å². The van der Waals surface area contributed by atoms with E-state index in [0.29, 0.717) is 0 Å². The molecule has 1 heterocycles. The van der Waals surface area contributed by atoms with Crippen molar-refractivity contribution in [3.63, 3.8) is 0 Å². The SMILES string of the molecule is Cc1ccc(S(=O)(=O)OCC2C[C@@H](OS(=O)(=O)c3ccc(C)cc3)CN2S(=O)(=O)c2ccc(C)cc2)cc1. The number of rotatable bonds is 9. The summed E-state index contributed by atoms with van der Waals surface area (Å²) in [7, 11) is -12.5. The van der Waals surface area contributed by atoms with Crippen LogP contribution in [-0.2, 0) is 38.6 Å². The van der Waals surface area contributed by atoms with Gasteiger partial charge in [0.15, 0.2) is 0 Å². The first-order valence-electron chi connectivity index (χ1n) is 11.8. The molecule has 1 aliphatic heterocycles. The molecule has 1 unspecified atom stereocenters. The molecule has 1 aliphatic rings. The Kier molecular flexibility index (Phi) is 8.12. The largest absolute Gasteiger partial charge is 0.297 e. The zero-order chi connectivity index (χ0) is 27.7. The lowest BCUT2D eigenvalue weighted by molar-refractivity contribution is 0.218. The van der Waals surface area contributed by atoms with Crippen molar-refractivity contribution < 1.29 is 33.6 Å². The highest BCUT2D eigenvalue weighted by molar-refractivity contribution is 7.89. The highest BCUT2D eigenvalue weighted by Crippen LogP contribution is 2.31. The molecule has 3 aromatic rings. The van der Waals surface area contributed by atoms with Crippen molar-refractivity contribution in [1.82, 2.24) is 4.31 Å². The molecule has 0 amide bonds. The monoisotopic (exact) mass is 579 g/mol. The summed E-state index contributed by atoms with van der Waals surface area (Å²) in [5, 5.41) is 0. The molecule has 0 saturated carbocycles. The minimum atomic E-state index is -4.19. The predicted octanol–water partition coefficient (Wildman–Crippen LogP) is 3.55. The van der Waals surface area contributed by atoms with Gasteiger partial charge in [0.25, 0.3) is 20.2 Å². The first kappa shape index (κ1) is 28.4. The molecule has 12 heteroatoms. The van der Waals surface area contributed by atoms with Gasteiger partial charge in [-0.05, 0) is 63.6 Å². The van der Waals surface area contributed by atoms with Gasteiger partial charge in [-0.3, -0.25) is 8.37 Å². The van der Waals surface area contributed by atoms with E-state index in [-0.39, 0.29) is 27.7 Å². The van der Waals surface area contributed by atoms with Crippen molar-refractivity contribution in [3.05, 3.63) is 89.5 Å².